The van der Waals surface area contributed by atoms with Crippen molar-refractivity contribution in [3.63, 3.8) is 0 Å². The summed E-state index contributed by atoms with van der Waals surface area (Å²) in [6.07, 6.45) is 3.14. The highest BCUT2D eigenvalue weighted by molar-refractivity contribution is 5.82. The first kappa shape index (κ1) is 17.6. The van der Waals surface area contributed by atoms with Crippen molar-refractivity contribution in [2.45, 2.75) is 33.1 Å². The fourth-order valence-electron chi connectivity index (χ4n) is 3.21. The lowest BCUT2D eigenvalue weighted by molar-refractivity contribution is 0.516. The predicted molar refractivity (Wildman–Crippen MR) is 102 cm³/mol. The summed E-state index contributed by atoms with van der Waals surface area (Å²) in [7, 11) is 0. The minimum Gasteiger partial charge on any atom is -0.351 e. The van der Waals surface area contributed by atoms with Gasteiger partial charge in [0.15, 0.2) is 23.1 Å². The molecule has 4 heterocycles. The van der Waals surface area contributed by atoms with Gasteiger partial charge in [-0.1, -0.05) is 20.8 Å². The molecule has 9 heteroatoms. The molecule has 27 heavy (non-hydrogen) atoms. The lowest BCUT2D eigenvalue weighted by Gasteiger charge is -2.36. The van der Waals surface area contributed by atoms with Gasteiger partial charge in [0.2, 0.25) is 0 Å². The monoisotopic (exact) mass is 370 g/mol. The van der Waals surface area contributed by atoms with Gasteiger partial charge in [-0.2, -0.15) is 0 Å². The van der Waals surface area contributed by atoms with Crippen LogP contribution in [0, 0.1) is 12.7 Å². The van der Waals surface area contributed by atoms with E-state index in [-0.39, 0.29) is 11.2 Å². The minimum absolute atomic E-state index is 0.234. The Morgan fingerprint density at radius 3 is 2.30 bits per heavy atom. The van der Waals surface area contributed by atoms with Crippen LogP contribution in [0.25, 0.3) is 11.2 Å². The normalized spacial score (nSPS) is 15.6. The van der Waals surface area contributed by atoms with Crippen LogP contribution in [-0.4, -0.2) is 56.1 Å². The average Bonchev–Trinajstić information content (AvgIpc) is 3.12. The quantitative estimate of drug-likeness (QED) is 0.740. The summed E-state index contributed by atoms with van der Waals surface area (Å²) in [5, 5.41) is 0. The standard InChI is InChI=1S/C18H23FN8/c1-11-12(19)15(25-17(24-11)18(2,3)4)26-5-7-27(8-6-26)16-13-14(21-9-20-13)22-10-23-16/h9-10H,5-8H2,1-4H3,(H,20,21,22,23). The third kappa shape index (κ3) is 3.17. The van der Waals surface area contributed by atoms with Gasteiger partial charge in [0.1, 0.15) is 17.7 Å². The Morgan fingerprint density at radius 1 is 0.963 bits per heavy atom. The number of anilines is 2. The number of fused-ring (bicyclic) bond motifs is 1. The fourth-order valence-corrected chi connectivity index (χ4v) is 3.21. The number of hydrogen-bond donors (Lipinski definition) is 1. The van der Waals surface area contributed by atoms with Gasteiger partial charge in [-0.25, -0.2) is 29.3 Å². The number of aryl methyl sites for hydroxylation is 1. The van der Waals surface area contributed by atoms with Crippen molar-refractivity contribution in [3.05, 3.63) is 30.0 Å². The Morgan fingerprint density at radius 2 is 1.63 bits per heavy atom. The van der Waals surface area contributed by atoms with E-state index in [2.05, 4.69) is 34.8 Å². The number of piperazine rings is 1. The van der Waals surface area contributed by atoms with Crippen LogP contribution in [-0.2, 0) is 5.41 Å². The molecule has 1 N–H and O–H groups in total. The van der Waals surface area contributed by atoms with E-state index in [4.69, 9.17) is 0 Å². The van der Waals surface area contributed by atoms with Crippen LogP contribution in [0.1, 0.15) is 32.3 Å². The summed E-state index contributed by atoms with van der Waals surface area (Å²) in [6.45, 7) is 10.5. The van der Waals surface area contributed by atoms with Gasteiger partial charge < -0.3 is 14.8 Å². The minimum atomic E-state index is -0.338. The number of aromatic nitrogens is 6. The molecule has 1 saturated heterocycles. The van der Waals surface area contributed by atoms with Crippen LogP contribution in [0.15, 0.2) is 12.7 Å². The van der Waals surface area contributed by atoms with Crippen LogP contribution in [0.2, 0.25) is 0 Å². The molecule has 142 valence electrons. The van der Waals surface area contributed by atoms with Gasteiger partial charge in [0.05, 0.1) is 12.0 Å². The summed E-state index contributed by atoms with van der Waals surface area (Å²) in [5.41, 5.74) is 1.63. The van der Waals surface area contributed by atoms with E-state index >= 15 is 0 Å². The highest BCUT2D eigenvalue weighted by Gasteiger charge is 2.27. The molecule has 1 aliphatic rings. The predicted octanol–water partition coefficient (Wildman–Crippen LogP) is 2.21. The number of hydrogen-bond acceptors (Lipinski definition) is 7. The molecule has 0 aromatic carbocycles. The summed E-state index contributed by atoms with van der Waals surface area (Å²) < 4.78 is 14.7. The van der Waals surface area contributed by atoms with Crippen molar-refractivity contribution >= 4 is 22.8 Å². The fraction of sp³-hybridized carbons (Fsp3) is 0.500. The molecule has 8 nitrogen and oxygen atoms in total. The zero-order valence-corrected chi connectivity index (χ0v) is 16.0. The smallest absolute Gasteiger partial charge is 0.186 e. The number of imidazole rings is 1. The summed E-state index contributed by atoms with van der Waals surface area (Å²) >= 11 is 0. The van der Waals surface area contributed by atoms with Crippen LogP contribution in [0.5, 0.6) is 0 Å². The molecular weight excluding hydrogens is 347 g/mol. The van der Waals surface area contributed by atoms with Crippen LogP contribution in [0.4, 0.5) is 16.0 Å². The maximum atomic E-state index is 14.7. The van der Waals surface area contributed by atoms with Gasteiger partial charge in [-0.3, -0.25) is 0 Å². The van der Waals surface area contributed by atoms with E-state index in [1.807, 2.05) is 25.7 Å². The lowest BCUT2D eigenvalue weighted by atomic mass is 9.95. The number of halogens is 1. The Hall–Kier alpha value is -2.84. The molecule has 0 saturated carbocycles. The van der Waals surface area contributed by atoms with Gasteiger partial charge in [-0.05, 0) is 6.92 Å². The molecule has 3 aromatic rings. The number of nitrogens with one attached hydrogen (secondary N) is 1. The third-order valence-corrected chi connectivity index (χ3v) is 4.75. The van der Waals surface area contributed by atoms with Crippen molar-refractivity contribution in [3.8, 4) is 0 Å². The molecular formula is C18H23FN8. The molecule has 0 aliphatic carbocycles. The zero-order chi connectivity index (χ0) is 19.2. The van der Waals surface area contributed by atoms with Crippen molar-refractivity contribution in [2.24, 2.45) is 0 Å². The first-order chi connectivity index (χ1) is 12.8. The van der Waals surface area contributed by atoms with Gasteiger partial charge in [-0.15, -0.1) is 0 Å². The van der Waals surface area contributed by atoms with Gasteiger partial charge >= 0.3 is 0 Å². The van der Waals surface area contributed by atoms with E-state index in [1.165, 1.54) is 6.33 Å². The maximum Gasteiger partial charge on any atom is 0.186 e. The zero-order valence-electron chi connectivity index (χ0n) is 16.0. The third-order valence-electron chi connectivity index (χ3n) is 4.75. The van der Waals surface area contributed by atoms with Gasteiger partial charge in [0, 0.05) is 31.6 Å². The van der Waals surface area contributed by atoms with Gasteiger partial charge in [0.25, 0.3) is 0 Å². The summed E-state index contributed by atoms with van der Waals surface area (Å²) in [5.74, 6) is 1.54. The van der Waals surface area contributed by atoms with E-state index in [1.54, 1.807) is 13.3 Å². The van der Waals surface area contributed by atoms with E-state index in [9.17, 15) is 4.39 Å². The molecule has 1 fully saturated rings. The second-order valence-corrected chi connectivity index (χ2v) is 7.79. The molecule has 4 rings (SSSR count). The number of H-pyrrole nitrogens is 1. The van der Waals surface area contributed by atoms with Crippen LogP contribution >= 0.6 is 0 Å². The molecule has 1 aliphatic heterocycles. The highest BCUT2D eigenvalue weighted by Crippen LogP contribution is 2.27. The van der Waals surface area contributed by atoms with Crippen molar-refractivity contribution in [2.75, 3.05) is 36.0 Å². The Kier molecular flexibility index (Phi) is 4.16. The molecule has 3 aromatic heterocycles. The lowest BCUT2D eigenvalue weighted by Crippen LogP contribution is -2.47. The number of rotatable bonds is 2. The Labute approximate surface area is 156 Å². The first-order valence-electron chi connectivity index (χ1n) is 9.03. The Balaban J connectivity index is 1.58. The summed E-state index contributed by atoms with van der Waals surface area (Å²) in [6, 6.07) is 0. The number of aromatic amines is 1. The first-order valence-corrected chi connectivity index (χ1v) is 9.03. The largest absolute Gasteiger partial charge is 0.351 e. The Bertz CT molecular complexity index is 969. The van der Waals surface area contributed by atoms with Crippen molar-refractivity contribution in [1.82, 2.24) is 29.9 Å². The maximum absolute atomic E-state index is 14.7. The van der Waals surface area contributed by atoms with E-state index < -0.39 is 0 Å². The highest BCUT2D eigenvalue weighted by atomic mass is 19.1. The topological polar surface area (TPSA) is 86.7 Å². The van der Waals surface area contributed by atoms with Crippen LogP contribution in [0.3, 0.4) is 0 Å². The van der Waals surface area contributed by atoms with Crippen molar-refractivity contribution < 1.29 is 4.39 Å². The second kappa shape index (κ2) is 6.40. The number of nitrogens with zero attached hydrogens (tertiary/aromatic N) is 7. The molecule has 0 amide bonds. The van der Waals surface area contributed by atoms with Crippen LogP contribution < -0.4 is 9.80 Å². The average molecular weight is 370 g/mol. The molecule has 0 radical (unpaired) electrons. The molecule has 0 atom stereocenters. The molecule has 0 spiro atoms. The SMILES string of the molecule is Cc1nc(C(C)(C)C)nc(N2CCN(c3ncnc4nc[nH]c34)CC2)c1F. The van der Waals surface area contributed by atoms with Crippen molar-refractivity contribution in [1.29, 1.82) is 0 Å². The summed E-state index contributed by atoms with van der Waals surface area (Å²) in [4.78, 5) is 28.9. The molecule has 0 unspecified atom stereocenters. The second-order valence-electron chi connectivity index (χ2n) is 7.79. The van der Waals surface area contributed by atoms with E-state index in [0.29, 0.717) is 49.2 Å². The van der Waals surface area contributed by atoms with E-state index in [0.717, 1.165) is 11.3 Å². The molecule has 0 bridgehead atoms.